The summed E-state index contributed by atoms with van der Waals surface area (Å²) in [5.41, 5.74) is 1.19. The van der Waals surface area contributed by atoms with Crippen LogP contribution in [0.25, 0.3) is 5.57 Å². The van der Waals surface area contributed by atoms with Crippen LogP contribution in [0.1, 0.15) is 31.9 Å². The first-order valence-electron chi connectivity index (χ1n) is 9.42. The molecule has 0 bridgehead atoms. The number of benzene rings is 2. The molecule has 30 heavy (non-hydrogen) atoms. The van der Waals surface area contributed by atoms with E-state index in [-0.39, 0.29) is 18.8 Å². The Morgan fingerprint density at radius 3 is 2.03 bits per heavy atom. The molecule has 0 radical (unpaired) electrons. The molecule has 2 rings (SSSR count). The molecule has 0 saturated carbocycles. The Kier molecular flexibility index (Phi) is 7.76. The molecule has 0 amide bonds. The maximum absolute atomic E-state index is 12.8. The molecule has 0 spiro atoms. The summed E-state index contributed by atoms with van der Waals surface area (Å²) >= 11 is 0. The number of nitriles is 1. The fourth-order valence-corrected chi connectivity index (χ4v) is 2.69. The van der Waals surface area contributed by atoms with E-state index in [9.17, 15) is 14.9 Å². The Hall–Kier alpha value is -3.59. The first-order chi connectivity index (χ1) is 14.3. The zero-order valence-electron chi connectivity index (χ0n) is 17.6. The standard InChI is InChI=1S/C24H25NO5/c1-17(26)29-15-24(2,3)16-30-23(27)21(14-25)22(18-8-6-5-7-9-18)19-10-12-20(28-4)13-11-19/h5-13H,15-16H2,1-4H3. The van der Waals surface area contributed by atoms with Crippen molar-refractivity contribution in [3.05, 3.63) is 71.3 Å². The second-order valence-electron chi connectivity index (χ2n) is 7.48. The summed E-state index contributed by atoms with van der Waals surface area (Å²) in [6.07, 6.45) is 0. The van der Waals surface area contributed by atoms with Crippen molar-refractivity contribution in [2.75, 3.05) is 20.3 Å². The Balaban J connectivity index is 2.38. The maximum Gasteiger partial charge on any atom is 0.349 e. The molecule has 0 aromatic heterocycles. The summed E-state index contributed by atoms with van der Waals surface area (Å²) in [6, 6.07) is 18.3. The van der Waals surface area contributed by atoms with E-state index in [2.05, 4.69) is 0 Å². The minimum Gasteiger partial charge on any atom is -0.497 e. The molecule has 6 nitrogen and oxygen atoms in total. The summed E-state index contributed by atoms with van der Waals surface area (Å²) < 4.78 is 15.6. The summed E-state index contributed by atoms with van der Waals surface area (Å²) in [5.74, 6) is -0.472. The third kappa shape index (κ3) is 6.21. The predicted molar refractivity (Wildman–Crippen MR) is 112 cm³/mol. The lowest BCUT2D eigenvalue weighted by Crippen LogP contribution is -2.28. The van der Waals surface area contributed by atoms with Crippen molar-refractivity contribution >= 4 is 17.5 Å². The van der Waals surface area contributed by atoms with Crippen LogP contribution < -0.4 is 4.74 Å². The van der Waals surface area contributed by atoms with Gasteiger partial charge in [-0.1, -0.05) is 56.3 Å². The minimum absolute atomic E-state index is 0.00498. The van der Waals surface area contributed by atoms with Crippen LogP contribution in [0.5, 0.6) is 5.75 Å². The molecule has 2 aromatic rings. The molecule has 0 aliphatic heterocycles. The lowest BCUT2D eigenvalue weighted by Gasteiger charge is -2.23. The molecule has 0 atom stereocenters. The summed E-state index contributed by atoms with van der Waals surface area (Å²) in [7, 11) is 1.57. The van der Waals surface area contributed by atoms with Crippen molar-refractivity contribution < 1.29 is 23.8 Å². The number of carbonyl (C=O) groups is 2. The van der Waals surface area contributed by atoms with Gasteiger partial charge in [0.25, 0.3) is 0 Å². The van der Waals surface area contributed by atoms with Crippen molar-refractivity contribution in [1.29, 1.82) is 5.26 Å². The number of hydrogen-bond donors (Lipinski definition) is 0. The van der Waals surface area contributed by atoms with Crippen molar-refractivity contribution in [1.82, 2.24) is 0 Å². The first kappa shape index (κ1) is 22.7. The predicted octanol–water partition coefficient (Wildman–Crippen LogP) is 4.15. The Bertz CT molecular complexity index is 953. The van der Waals surface area contributed by atoms with Gasteiger partial charge in [-0.15, -0.1) is 0 Å². The highest BCUT2D eigenvalue weighted by atomic mass is 16.5. The third-order valence-electron chi connectivity index (χ3n) is 4.27. The molecule has 0 N–H and O–H groups in total. The van der Waals surface area contributed by atoms with Gasteiger partial charge in [-0.25, -0.2) is 4.79 Å². The summed E-state index contributed by atoms with van der Waals surface area (Å²) in [6.45, 7) is 5.03. The molecule has 156 valence electrons. The van der Waals surface area contributed by atoms with Gasteiger partial charge in [-0.3, -0.25) is 4.79 Å². The fourth-order valence-electron chi connectivity index (χ4n) is 2.69. The van der Waals surface area contributed by atoms with E-state index in [1.165, 1.54) is 6.92 Å². The molecule has 6 heteroatoms. The van der Waals surface area contributed by atoms with Gasteiger partial charge in [0.2, 0.25) is 0 Å². The SMILES string of the molecule is COc1ccc(C(=C(C#N)C(=O)OCC(C)(C)COC(C)=O)c2ccccc2)cc1. The Morgan fingerprint density at radius 2 is 1.50 bits per heavy atom. The van der Waals surface area contributed by atoms with Crippen molar-refractivity contribution in [2.45, 2.75) is 20.8 Å². The molecule has 0 aliphatic rings. The normalized spacial score (nSPS) is 11.7. The topological polar surface area (TPSA) is 85.6 Å². The molecule has 0 saturated heterocycles. The second kappa shape index (κ2) is 10.3. The summed E-state index contributed by atoms with van der Waals surface area (Å²) in [4.78, 5) is 23.9. The molecule has 0 heterocycles. The van der Waals surface area contributed by atoms with Gasteiger partial charge in [0.15, 0.2) is 0 Å². The van der Waals surface area contributed by atoms with E-state index in [1.807, 2.05) is 36.4 Å². The zero-order valence-corrected chi connectivity index (χ0v) is 17.6. The number of nitrogens with zero attached hydrogens (tertiary/aromatic N) is 1. The van der Waals surface area contributed by atoms with Crippen LogP contribution in [0.3, 0.4) is 0 Å². The highest BCUT2D eigenvalue weighted by Crippen LogP contribution is 2.29. The average molecular weight is 407 g/mol. The van der Waals surface area contributed by atoms with Crippen LogP contribution in [-0.2, 0) is 19.1 Å². The van der Waals surface area contributed by atoms with Crippen molar-refractivity contribution in [3.63, 3.8) is 0 Å². The number of ether oxygens (including phenoxy) is 3. The number of hydrogen-bond acceptors (Lipinski definition) is 6. The van der Waals surface area contributed by atoms with Gasteiger partial charge < -0.3 is 14.2 Å². The van der Waals surface area contributed by atoms with Crippen molar-refractivity contribution in [2.24, 2.45) is 5.41 Å². The van der Waals surface area contributed by atoms with Crippen LogP contribution in [-0.4, -0.2) is 32.3 Å². The number of carbonyl (C=O) groups excluding carboxylic acids is 2. The summed E-state index contributed by atoms with van der Waals surface area (Å²) in [5, 5.41) is 9.79. The molecular formula is C24H25NO5. The van der Waals surface area contributed by atoms with Gasteiger partial charge in [0.05, 0.1) is 13.7 Å². The second-order valence-corrected chi connectivity index (χ2v) is 7.48. The number of esters is 2. The van der Waals surface area contributed by atoms with E-state index in [4.69, 9.17) is 14.2 Å². The molecule has 0 unspecified atom stereocenters. The van der Waals surface area contributed by atoms with E-state index >= 15 is 0 Å². The first-order valence-corrected chi connectivity index (χ1v) is 9.42. The zero-order chi connectivity index (χ0) is 22.1. The Labute approximate surface area is 176 Å². The number of rotatable bonds is 8. The number of methoxy groups -OCH3 is 1. The quantitative estimate of drug-likeness (QED) is 0.371. The van der Waals surface area contributed by atoms with E-state index in [1.54, 1.807) is 45.2 Å². The largest absolute Gasteiger partial charge is 0.497 e. The third-order valence-corrected chi connectivity index (χ3v) is 4.27. The van der Waals surface area contributed by atoms with E-state index in [0.717, 1.165) is 5.56 Å². The van der Waals surface area contributed by atoms with Crippen LogP contribution in [0.2, 0.25) is 0 Å². The van der Waals surface area contributed by atoms with Gasteiger partial charge in [-0.05, 0) is 23.3 Å². The van der Waals surface area contributed by atoms with Crippen molar-refractivity contribution in [3.8, 4) is 11.8 Å². The Morgan fingerprint density at radius 1 is 0.933 bits per heavy atom. The highest BCUT2D eigenvalue weighted by molar-refractivity contribution is 6.05. The maximum atomic E-state index is 12.8. The average Bonchev–Trinajstić information content (AvgIpc) is 2.75. The van der Waals surface area contributed by atoms with Crippen LogP contribution >= 0.6 is 0 Å². The minimum atomic E-state index is -0.733. The fraction of sp³-hybridized carbons (Fsp3) is 0.292. The van der Waals surface area contributed by atoms with Crippen LogP contribution in [0.15, 0.2) is 60.2 Å². The smallest absolute Gasteiger partial charge is 0.349 e. The molecule has 0 aliphatic carbocycles. The lowest BCUT2D eigenvalue weighted by molar-refractivity contribution is -0.148. The van der Waals surface area contributed by atoms with Gasteiger partial charge in [0.1, 0.15) is 24.0 Å². The highest BCUT2D eigenvalue weighted by Gasteiger charge is 2.25. The van der Waals surface area contributed by atoms with Gasteiger partial charge >= 0.3 is 11.9 Å². The molecule has 0 fully saturated rings. The molecule has 2 aromatic carbocycles. The van der Waals surface area contributed by atoms with Crippen LogP contribution in [0.4, 0.5) is 0 Å². The van der Waals surface area contributed by atoms with Gasteiger partial charge in [-0.2, -0.15) is 5.26 Å². The van der Waals surface area contributed by atoms with E-state index < -0.39 is 17.4 Å². The van der Waals surface area contributed by atoms with Gasteiger partial charge in [0, 0.05) is 17.9 Å². The lowest BCUT2D eigenvalue weighted by atomic mass is 9.93. The van der Waals surface area contributed by atoms with E-state index in [0.29, 0.717) is 16.9 Å². The monoisotopic (exact) mass is 407 g/mol. The molecular weight excluding hydrogens is 382 g/mol. The van der Waals surface area contributed by atoms with Crippen LogP contribution in [0, 0.1) is 16.7 Å².